The van der Waals surface area contributed by atoms with Crippen molar-refractivity contribution in [3.05, 3.63) is 22.4 Å². The smallest absolute Gasteiger partial charge is 0.223 e. The van der Waals surface area contributed by atoms with Crippen molar-refractivity contribution in [3.8, 4) is 0 Å². The number of hydrogen-bond acceptors (Lipinski definition) is 3. The molecule has 1 aromatic heterocycles. The van der Waals surface area contributed by atoms with Crippen LogP contribution in [0.3, 0.4) is 0 Å². The minimum atomic E-state index is -0.263. The molecule has 0 bridgehead atoms. The van der Waals surface area contributed by atoms with Gasteiger partial charge < -0.3 is 10.0 Å². The number of aliphatic hydroxyl groups is 1. The molecule has 0 saturated carbocycles. The summed E-state index contributed by atoms with van der Waals surface area (Å²) < 4.78 is 0. The van der Waals surface area contributed by atoms with E-state index in [1.54, 1.807) is 11.3 Å². The Morgan fingerprint density at radius 2 is 2.39 bits per heavy atom. The first kappa shape index (κ1) is 13.6. The van der Waals surface area contributed by atoms with Gasteiger partial charge >= 0.3 is 0 Å². The van der Waals surface area contributed by atoms with Gasteiger partial charge in [-0.3, -0.25) is 4.79 Å². The summed E-state index contributed by atoms with van der Waals surface area (Å²) in [7, 11) is 0. The summed E-state index contributed by atoms with van der Waals surface area (Å²) in [5.41, 5.74) is -0.218. The van der Waals surface area contributed by atoms with Crippen molar-refractivity contribution in [1.29, 1.82) is 0 Å². The maximum absolute atomic E-state index is 12.3. The zero-order valence-electron chi connectivity index (χ0n) is 11.1. The summed E-state index contributed by atoms with van der Waals surface area (Å²) in [6.07, 6.45) is 2.51. The molecule has 0 spiro atoms. The number of carbonyl (C=O) groups excluding carboxylic acids is 1. The number of nitrogens with zero attached hydrogens (tertiary/aromatic N) is 1. The Bertz CT molecular complexity index is 400. The summed E-state index contributed by atoms with van der Waals surface area (Å²) in [5.74, 6) is 0.209. The van der Waals surface area contributed by atoms with Crippen LogP contribution in [0.5, 0.6) is 0 Å². The van der Waals surface area contributed by atoms with E-state index >= 15 is 0 Å². The monoisotopic (exact) mass is 267 g/mol. The van der Waals surface area contributed by atoms with E-state index in [9.17, 15) is 9.90 Å². The average molecular weight is 267 g/mol. The van der Waals surface area contributed by atoms with Gasteiger partial charge in [0.2, 0.25) is 5.91 Å². The molecule has 1 fully saturated rings. The van der Waals surface area contributed by atoms with Crippen molar-refractivity contribution in [1.82, 2.24) is 4.90 Å². The highest BCUT2D eigenvalue weighted by molar-refractivity contribution is 7.09. The largest absolute Gasteiger partial charge is 0.393 e. The molecule has 0 radical (unpaired) electrons. The highest BCUT2D eigenvalue weighted by atomic mass is 32.1. The summed E-state index contributed by atoms with van der Waals surface area (Å²) in [4.78, 5) is 15.5. The molecule has 1 aliphatic rings. The first-order chi connectivity index (χ1) is 8.49. The van der Waals surface area contributed by atoms with E-state index in [4.69, 9.17) is 0 Å². The first-order valence-corrected chi connectivity index (χ1v) is 7.38. The fourth-order valence-electron chi connectivity index (χ4n) is 2.65. The first-order valence-electron chi connectivity index (χ1n) is 6.50. The van der Waals surface area contributed by atoms with Crippen LogP contribution in [0.1, 0.15) is 38.0 Å². The Labute approximate surface area is 112 Å². The van der Waals surface area contributed by atoms with Gasteiger partial charge in [-0.1, -0.05) is 6.07 Å². The Hall–Kier alpha value is -0.870. The van der Waals surface area contributed by atoms with Gasteiger partial charge in [0.25, 0.3) is 0 Å². The molecule has 4 heteroatoms. The number of rotatable bonds is 3. The zero-order valence-corrected chi connectivity index (χ0v) is 11.9. The molecular formula is C14H21NO2S. The minimum absolute atomic E-state index is 0.209. The molecule has 0 aliphatic carbocycles. The van der Waals surface area contributed by atoms with Crippen LogP contribution in [-0.4, -0.2) is 34.1 Å². The maximum Gasteiger partial charge on any atom is 0.223 e. The number of carbonyl (C=O) groups is 1. The molecule has 3 nitrogen and oxygen atoms in total. The third-order valence-electron chi connectivity index (χ3n) is 3.62. The predicted octanol–water partition coefficient (Wildman–Crippen LogP) is 2.44. The van der Waals surface area contributed by atoms with Crippen LogP contribution >= 0.6 is 11.3 Å². The number of hydrogen-bond donors (Lipinski definition) is 1. The normalized spacial score (nSPS) is 23.1. The molecular weight excluding hydrogens is 246 g/mol. The fourth-order valence-corrected chi connectivity index (χ4v) is 3.36. The van der Waals surface area contributed by atoms with Crippen molar-refractivity contribution in [2.24, 2.45) is 0 Å². The molecule has 1 aliphatic heterocycles. The van der Waals surface area contributed by atoms with Crippen LogP contribution in [0, 0.1) is 0 Å². The molecule has 1 amide bonds. The van der Waals surface area contributed by atoms with E-state index in [0.717, 1.165) is 6.42 Å². The van der Waals surface area contributed by atoms with E-state index in [-0.39, 0.29) is 17.6 Å². The van der Waals surface area contributed by atoms with E-state index < -0.39 is 0 Å². The second kappa shape index (κ2) is 5.41. The molecule has 1 aromatic rings. The molecule has 18 heavy (non-hydrogen) atoms. The fraction of sp³-hybridized carbons (Fsp3) is 0.643. The van der Waals surface area contributed by atoms with Crippen molar-refractivity contribution in [2.75, 3.05) is 6.54 Å². The van der Waals surface area contributed by atoms with E-state index in [0.29, 0.717) is 25.8 Å². The van der Waals surface area contributed by atoms with Crippen LogP contribution in [-0.2, 0) is 11.2 Å². The second-order valence-corrected chi connectivity index (χ2v) is 6.62. The Morgan fingerprint density at radius 1 is 1.61 bits per heavy atom. The van der Waals surface area contributed by atoms with Gasteiger partial charge in [-0.2, -0.15) is 0 Å². The molecule has 0 aromatic carbocycles. The third-order valence-corrected chi connectivity index (χ3v) is 4.55. The molecule has 2 rings (SSSR count). The second-order valence-electron chi connectivity index (χ2n) is 5.58. The Morgan fingerprint density at radius 3 is 3.00 bits per heavy atom. The van der Waals surface area contributed by atoms with Crippen molar-refractivity contribution >= 4 is 17.2 Å². The van der Waals surface area contributed by atoms with Crippen LogP contribution in [0.15, 0.2) is 17.5 Å². The van der Waals surface area contributed by atoms with E-state index in [1.807, 2.05) is 30.2 Å². The lowest BCUT2D eigenvalue weighted by Gasteiger charge is -2.44. The lowest BCUT2D eigenvalue weighted by Crippen LogP contribution is -2.54. The average Bonchev–Trinajstić information content (AvgIpc) is 2.77. The molecule has 2 heterocycles. The van der Waals surface area contributed by atoms with Gasteiger partial charge in [-0.15, -0.1) is 11.3 Å². The predicted molar refractivity (Wildman–Crippen MR) is 73.7 cm³/mol. The number of likely N-dealkylation sites (tertiary alicyclic amines) is 1. The van der Waals surface area contributed by atoms with Crippen molar-refractivity contribution in [3.63, 3.8) is 0 Å². The summed E-state index contributed by atoms with van der Waals surface area (Å²) >= 11 is 1.70. The highest BCUT2D eigenvalue weighted by Gasteiger charge is 2.36. The van der Waals surface area contributed by atoms with Gasteiger partial charge in [0.05, 0.1) is 6.10 Å². The number of piperidine rings is 1. The number of amides is 1. The highest BCUT2D eigenvalue weighted by Crippen LogP contribution is 2.28. The standard InChI is InChI=1S/C14H21NO2S/c1-14(2)10-11(16)7-8-15(14)13(17)6-5-12-4-3-9-18-12/h3-4,9,11,16H,5-8,10H2,1-2H3. The van der Waals surface area contributed by atoms with Crippen LogP contribution < -0.4 is 0 Å². The molecule has 1 atom stereocenters. The molecule has 1 N–H and O–H groups in total. The third kappa shape index (κ3) is 3.12. The van der Waals surface area contributed by atoms with Gasteiger partial charge in [0.1, 0.15) is 0 Å². The number of thiophene rings is 1. The van der Waals surface area contributed by atoms with Crippen molar-refractivity contribution in [2.45, 2.75) is 51.2 Å². The minimum Gasteiger partial charge on any atom is -0.393 e. The van der Waals surface area contributed by atoms with Gasteiger partial charge in [-0.25, -0.2) is 0 Å². The summed E-state index contributed by atoms with van der Waals surface area (Å²) in [6.45, 7) is 4.76. The number of aliphatic hydroxyl groups excluding tert-OH is 1. The summed E-state index contributed by atoms with van der Waals surface area (Å²) in [5, 5.41) is 11.7. The lowest BCUT2D eigenvalue weighted by molar-refractivity contribution is -0.141. The van der Waals surface area contributed by atoms with Crippen LogP contribution in [0.2, 0.25) is 0 Å². The molecule has 100 valence electrons. The van der Waals surface area contributed by atoms with Gasteiger partial charge in [0.15, 0.2) is 0 Å². The molecule has 1 unspecified atom stereocenters. The van der Waals surface area contributed by atoms with E-state index in [2.05, 4.69) is 6.07 Å². The lowest BCUT2D eigenvalue weighted by atomic mass is 9.88. The van der Waals surface area contributed by atoms with Crippen molar-refractivity contribution < 1.29 is 9.90 Å². The Balaban J connectivity index is 1.92. The zero-order chi connectivity index (χ0) is 13.2. The maximum atomic E-state index is 12.3. The summed E-state index contributed by atoms with van der Waals surface area (Å²) in [6, 6.07) is 4.09. The quantitative estimate of drug-likeness (QED) is 0.914. The van der Waals surface area contributed by atoms with Gasteiger partial charge in [-0.05, 0) is 44.6 Å². The van der Waals surface area contributed by atoms with E-state index in [1.165, 1.54) is 4.88 Å². The van der Waals surface area contributed by atoms with Crippen LogP contribution in [0.4, 0.5) is 0 Å². The number of aryl methyl sites for hydroxylation is 1. The topological polar surface area (TPSA) is 40.5 Å². The SMILES string of the molecule is CC1(C)CC(O)CCN1C(=O)CCc1cccs1. The van der Waals surface area contributed by atoms with Crippen LogP contribution in [0.25, 0.3) is 0 Å². The molecule has 1 saturated heterocycles. The van der Waals surface area contributed by atoms with Gasteiger partial charge in [0, 0.05) is 23.4 Å². The Kier molecular flexibility index (Phi) is 4.07.